The summed E-state index contributed by atoms with van der Waals surface area (Å²) in [6, 6.07) is 10.3. The van der Waals surface area contributed by atoms with Crippen molar-refractivity contribution >= 4 is 35.9 Å². The van der Waals surface area contributed by atoms with Gasteiger partial charge in [0.15, 0.2) is 0 Å². The van der Waals surface area contributed by atoms with Gasteiger partial charge in [-0.1, -0.05) is 0 Å². The molecule has 0 N–H and O–H groups in total. The van der Waals surface area contributed by atoms with Gasteiger partial charge in [-0.3, -0.25) is 0 Å². The van der Waals surface area contributed by atoms with Crippen LogP contribution < -0.4 is 3.78 Å². The SMILES string of the molecule is [CH3][Sn][c]1cc2ccccc2o1. The summed E-state index contributed by atoms with van der Waals surface area (Å²) in [5, 5.41) is 1.24. The Morgan fingerprint density at radius 3 is 2.82 bits per heavy atom. The summed E-state index contributed by atoms with van der Waals surface area (Å²) in [5.74, 6) is 0. The Balaban J connectivity index is 2.69. The monoisotopic (exact) mass is 252 g/mol. The van der Waals surface area contributed by atoms with Crippen LogP contribution in [0.15, 0.2) is 34.7 Å². The van der Waals surface area contributed by atoms with Crippen LogP contribution in [-0.4, -0.2) is 21.1 Å². The second-order valence-electron chi connectivity index (χ2n) is 2.40. The minimum absolute atomic E-state index is 0.381. The molecule has 11 heavy (non-hydrogen) atoms. The Kier molecular flexibility index (Phi) is 1.90. The van der Waals surface area contributed by atoms with E-state index >= 15 is 0 Å². The first-order valence-electron chi connectivity index (χ1n) is 3.56. The fourth-order valence-electron chi connectivity index (χ4n) is 1.11. The van der Waals surface area contributed by atoms with Gasteiger partial charge < -0.3 is 0 Å². The molecule has 0 aliphatic heterocycles. The van der Waals surface area contributed by atoms with Crippen LogP contribution in [0.25, 0.3) is 11.0 Å². The first-order valence-corrected chi connectivity index (χ1v) is 7.84. The van der Waals surface area contributed by atoms with Gasteiger partial charge in [0.1, 0.15) is 0 Å². The molecule has 1 aromatic carbocycles. The summed E-state index contributed by atoms with van der Waals surface area (Å²) in [4.78, 5) is 2.26. The van der Waals surface area contributed by atoms with E-state index < -0.39 is 0 Å². The predicted molar refractivity (Wildman–Crippen MR) is 47.5 cm³/mol. The van der Waals surface area contributed by atoms with E-state index in [1.807, 2.05) is 18.2 Å². The molecule has 0 amide bonds. The molecule has 2 radical (unpaired) electrons. The molecule has 2 heteroatoms. The van der Waals surface area contributed by atoms with Crippen molar-refractivity contribution < 1.29 is 4.42 Å². The van der Waals surface area contributed by atoms with E-state index in [1.165, 1.54) is 9.16 Å². The third-order valence-electron chi connectivity index (χ3n) is 1.67. The van der Waals surface area contributed by atoms with Crippen molar-refractivity contribution in [1.82, 2.24) is 0 Å². The molecular formula is C9H8OSn. The Hall–Kier alpha value is -0.441. The molecule has 54 valence electrons. The Morgan fingerprint density at radius 1 is 1.27 bits per heavy atom. The molecule has 2 rings (SSSR count). The fourth-order valence-corrected chi connectivity index (χ4v) is 2.57. The van der Waals surface area contributed by atoms with E-state index in [1.54, 1.807) is 0 Å². The summed E-state index contributed by atoms with van der Waals surface area (Å²) < 4.78 is 6.82. The van der Waals surface area contributed by atoms with Crippen LogP contribution in [0.5, 0.6) is 0 Å². The van der Waals surface area contributed by atoms with Crippen LogP contribution in [-0.2, 0) is 0 Å². The van der Waals surface area contributed by atoms with Crippen molar-refractivity contribution in [2.24, 2.45) is 0 Å². The van der Waals surface area contributed by atoms with Gasteiger partial charge in [-0.15, -0.1) is 0 Å². The molecule has 0 atom stereocenters. The van der Waals surface area contributed by atoms with E-state index in [0.717, 1.165) is 5.58 Å². The van der Waals surface area contributed by atoms with Crippen LogP contribution in [0, 0.1) is 0 Å². The third-order valence-corrected chi connectivity index (χ3v) is 3.78. The van der Waals surface area contributed by atoms with E-state index in [9.17, 15) is 0 Å². The van der Waals surface area contributed by atoms with Crippen molar-refractivity contribution in [2.75, 3.05) is 0 Å². The predicted octanol–water partition coefficient (Wildman–Crippen LogP) is 1.81. The van der Waals surface area contributed by atoms with Gasteiger partial charge in [0.2, 0.25) is 0 Å². The normalized spacial score (nSPS) is 10.6. The molecule has 1 aromatic heterocycles. The molecule has 0 fully saturated rings. The van der Waals surface area contributed by atoms with Gasteiger partial charge in [-0.25, -0.2) is 0 Å². The first kappa shape index (κ1) is 7.22. The number of hydrogen-bond donors (Lipinski definition) is 0. The number of para-hydroxylation sites is 1. The van der Waals surface area contributed by atoms with Crippen LogP contribution >= 0.6 is 0 Å². The zero-order valence-electron chi connectivity index (χ0n) is 6.29. The number of fused-ring (bicyclic) bond motifs is 1. The maximum atomic E-state index is 5.59. The molecule has 0 aliphatic rings. The van der Waals surface area contributed by atoms with E-state index in [-0.39, 0.29) is 21.1 Å². The van der Waals surface area contributed by atoms with Crippen molar-refractivity contribution in [2.45, 2.75) is 4.94 Å². The Bertz CT molecular complexity index is 331. The molecule has 2 aromatic rings. The molecule has 0 aliphatic carbocycles. The standard InChI is InChI=1S/C8H5O.CH3.Sn/c1-2-4-8-7(3-1)5-6-9-8;;/h1-5H;1H3;. The zero-order valence-corrected chi connectivity index (χ0v) is 9.15. The zero-order chi connectivity index (χ0) is 7.68. The molecule has 0 bridgehead atoms. The van der Waals surface area contributed by atoms with Crippen molar-refractivity contribution in [3.63, 3.8) is 0 Å². The maximum absolute atomic E-state index is 5.59. The second kappa shape index (κ2) is 2.89. The summed E-state index contributed by atoms with van der Waals surface area (Å²) in [5.41, 5.74) is 1.03. The molecule has 1 nitrogen and oxygen atoms in total. The fraction of sp³-hybridized carbons (Fsp3) is 0.111. The molecule has 0 saturated heterocycles. The summed E-state index contributed by atoms with van der Waals surface area (Å²) in [6.07, 6.45) is 0. The minimum atomic E-state index is -0.381. The van der Waals surface area contributed by atoms with E-state index in [2.05, 4.69) is 17.1 Å². The number of hydrogen-bond acceptors (Lipinski definition) is 1. The summed E-state index contributed by atoms with van der Waals surface area (Å²) in [6.45, 7) is 0. The topological polar surface area (TPSA) is 13.1 Å². The molecule has 0 saturated carbocycles. The van der Waals surface area contributed by atoms with Gasteiger partial charge in [0.05, 0.1) is 0 Å². The molecular weight excluding hydrogens is 243 g/mol. The average molecular weight is 251 g/mol. The quantitative estimate of drug-likeness (QED) is 0.704. The molecule has 0 unspecified atom stereocenters. The van der Waals surface area contributed by atoms with Crippen LogP contribution in [0.2, 0.25) is 4.94 Å². The first-order chi connectivity index (χ1) is 5.40. The summed E-state index contributed by atoms with van der Waals surface area (Å²) in [7, 11) is 0. The molecule has 0 spiro atoms. The Morgan fingerprint density at radius 2 is 2.09 bits per heavy atom. The van der Waals surface area contributed by atoms with Crippen molar-refractivity contribution in [3.05, 3.63) is 30.3 Å². The van der Waals surface area contributed by atoms with Gasteiger partial charge in [0, 0.05) is 0 Å². The van der Waals surface area contributed by atoms with Gasteiger partial charge in [-0.05, 0) is 0 Å². The number of rotatable bonds is 1. The van der Waals surface area contributed by atoms with Crippen LogP contribution in [0.1, 0.15) is 0 Å². The van der Waals surface area contributed by atoms with E-state index in [0.29, 0.717) is 0 Å². The Labute approximate surface area is 75.6 Å². The molecule has 1 heterocycles. The third kappa shape index (κ3) is 1.29. The number of furan rings is 1. The van der Waals surface area contributed by atoms with Gasteiger partial charge >= 0.3 is 75.6 Å². The van der Waals surface area contributed by atoms with Crippen molar-refractivity contribution in [3.8, 4) is 0 Å². The summed E-state index contributed by atoms with van der Waals surface area (Å²) >= 11 is -0.381. The number of benzene rings is 1. The average Bonchev–Trinajstić information content (AvgIpc) is 2.46. The van der Waals surface area contributed by atoms with Crippen LogP contribution in [0.3, 0.4) is 0 Å². The van der Waals surface area contributed by atoms with Gasteiger partial charge in [0.25, 0.3) is 0 Å². The second-order valence-corrected chi connectivity index (χ2v) is 5.23. The van der Waals surface area contributed by atoms with Gasteiger partial charge in [-0.2, -0.15) is 0 Å². The van der Waals surface area contributed by atoms with Crippen LogP contribution in [0.4, 0.5) is 0 Å². The van der Waals surface area contributed by atoms with Crippen molar-refractivity contribution in [1.29, 1.82) is 0 Å². The van der Waals surface area contributed by atoms with E-state index in [4.69, 9.17) is 4.42 Å².